The first-order valence-corrected chi connectivity index (χ1v) is 7.68. The first-order valence-electron chi connectivity index (χ1n) is 7.68. The fourth-order valence-electron chi connectivity index (χ4n) is 2.97. The van der Waals surface area contributed by atoms with Gasteiger partial charge in [0.05, 0.1) is 31.2 Å². The van der Waals surface area contributed by atoms with Crippen LogP contribution < -0.4 is 5.69 Å². The Balaban J connectivity index is 1.56. The Morgan fingerprint density at radius 3 is 2.80 bits per heavy atom. The van der Waals surface area contributed by atoms with E-state index >= 15 is 0 Å². The van der Waals surface area contributed by atoms with Gasteiger partial charge in [-0.25, -0.2) is 14.6 Å². The van der Waals surface area contributed by atoms with Gasteiger partial charge in [-0.15, -0.1) is 5.10 Å². The summed E-state index contributed by atoms with van der Waals surface area (Å²) < 4.78 is 3.02. The molecule has 0 saturated carbocycles. The summed E-state index contributed by atoms with van der Waals surface area (Å²) in [4.78, 5) is 25.1. The van der Waals surface area contributed by atoms with E-state index < -0.39 is 12.0 Å². The molecule has 0 amide bonds. The quantitative estimate of drug-likeness (QED) is 0.663. The summed E-state index contributed by atoms with van der Waals surface area (Å²) in [6, 6.07) is 6.85. The SMILES string of the molecule is O=C(O)C1Cn2c(n[nH]c2=O)CN1Cc1ccc(-n2ccnn2)cc1. The van der Waals surface area contributed by atoms with E-state index in [4.69, 9.17) is 0 Å². The van der Waals surface area contributed by atoms with Crippen LogP contribution in [0, 0.1) is 0 Å². The molecule has 3 aromatic rings. The molecule has 2 N–H and O–H groups in total. The number of carboxylic acid groups (broad SMARTS) is 1. The van der Waals surface area contributed by atoms with Gasteiger partial charge in [-0.05, 0) is 17.7 Å². The molecule has 0 saturated heterocycles. The van der Waals surface area contributed by atoms with E-state index in [1.165, 1.54) is 4.57 Å². The fourth-order valence-corrected chi connectivity index (χ4v) is 2.97. The molecule has 10 heteroatoms. The molecule has 2 aromatic heterocycles. The van der Waals surface area contributed by atoms with Crippen LogP contribution >= 0.6 is 0 Å². The highest BCUT2D eigenvalue weighted by atomic mass is 16.4. The molecule has 0 bridgehead atoms. The van der Waals surface area contributed by atoms with E-state index in [2.05, 4.69) is 20.5 Å². The molecule has 1 aliphatic heterocycles. The molecule has 0 fully saturated rings. The fraction of sp³-hybridized carbons (Fsp3) is 0.267. The molecule has 10 nitrogen and oxygen atoms in total. The zero-order valence-electron chi connectivity index (χ0n) is 13.1. The van der Waals surface area contributed by atoms with Gasteiger partial charge >= 0.3 is 11.7 Å². The van der Waals surface area contributed by atoms with Gasteiger partial charge in [0.15, 0.2) is 0 Å². The van der Waals surface area contributed by atoms with Crippen molar-refractivity contribution in [3.8, 4) is 5.69 Å². The molecule has 128 valence electrons. The molecule has 3 heterocycles. The van der Waals surface area contributed by atoms with Crippen molar-refractivity contribution in [2.24, 2.45) is 0 Å². The molecule has 4 rings (SSSR count). The molecule has 0 radical (unpaired) electrons. The van der Waals surface area contributed by atoms with Crippen LogP contribution in [0.3, 0.4) is 0 Å². The van der Waals surface area contributed by atoms with E-state index in [9.17, 15) is 14.7 Å². The largest absolute Gasteiger partial charge is 0.480 e. The molecule has 0 aliphatic carbocycles. The Hall–Kier alpha value is -3.27. The van der Waals surface area contributed by atoms with Crippen molar-refractivity contribution in [2.75, 3.05) is 0 Å². The van der Waals surface area contributed by atoms with Crippen molar-refractivity contribution in [1.29, 1.82) is 0 Å². The normalized spacial score (nSPS) is 17.4. The third-order valence-corrected chi connectivity index (χ3v) is 4.27. The van der Waals surface area contributed by atoms with Crippen LogP contribution in [0.1, 0.15) is 11.4 Å². The van der Waals surface area contributed by atoms with Crippen molar-refractivity contribution in [3.63, 3.8) is 0 Å². The van der Waals surface area contributed by atoms with Crippen LogP contribution in [0.25, 0.3) is 5.69 Å². The number of rotatable bonds is 4. The number of aromatic nitrogens is 6. The van der Waals surface area contributed by atoms with Gasteiger partial charge in [-0.3, -0.25) is 14.3 Å². The molecular formula is C15H15N7O3. The van der Waals surface area contributed by atoms with Crippen molar-refractivity contribution in [2.45, 2.75) is 25.7 Å². The van der Waals surface area contributed by atoms with Crippen LogP contribution in [0.5, 0.6) is 0 Å². The number of aliphatic carboxylic acids is 1. The third-order valence-electron chi connectivity index (χ3n) is 4.27. The monoisotopic (exact) mass is 341 g/mol. The minimum absolute atomic E-state index is 0.0804. The van der Waals surface area contributed by atoms with Crippen LogP contribution in [-0.2, 0) is 24.4 Å². The number of fused-ring (bicyclic) bond motifs is 1. The standard InChI is InChI=1S/C15H15N7O3/c23-14(24)12-8-21-13(17-18-15(21)25)9-20(12)7-10-1-3-11(4-2-10)22-6-5-16-19-22/h1-6,12H,7-9H2,(H,18,25)(H,23,24). The second-order valence-electron chi connectivity index (χ2n) is 5.83. The van der Waals surface area contributed by atoms with Crippen molar-refractivity contribution < 1.29 is 9.90 Å². The van der Waals surface area contributed by atoms with Crippen LogP contribution in [0.15, 0.2) is 41.5 Å². The van der Waals surface area contributed by atoms with Crippen molar-refractivity contribution in [1.82, 2.24) is 34.7 Å². The van der Waals surface area contributed by atoms with Gasteiger partial charge in [0, 0.05) is 6.54 Å². The van der Waals surface area contributed by atoms with E-state index in [0.717, 1.165) is 11.3 Å². The second kappa shape index (κ2) is 5.98. The Morgan fingerprint density at radius 2 is 2.12 bits per heavy atom. The number of hydrogen-bond donors (Lipinski definition) is 2. The number of carboxylic acids is 1. The lowest BCUT2D eigenvalue weighted by atomic mass is 10.1. The van der Waals surface area contributed by atoms with Gasteiger partial charge in [0.1, 0.15) is 11.9 Å². The topological polar surface area (TPSA) is 122 Å². The van der Waals surface area contributed by atoms with Gasteiger partial charge < -0.3 is 5.11 Å². The number of aromatic amines is 1. The smallest absolute Gasteiger partial charge is 0.343 e. The summed E-state index contributed by atoms with van der Waals surface area (Å²) in [6.07, 6.45) is 3.35. The van der Waals surface area contributed by atoms with E-state index in [-0.39, 0.29) is 12.2 Å². The van der Waals surface area contributed by atoms with Crippen LogP contribution in [0.2, 0.25) is 0 Å². The highest BCUT2D eigenvalue weighted by Crippen LogP contribution is 2.19. The third kappa shape index (κ3) is 2.83. The van der Waals surface area contributed by atoms with E-state index in [1.54, 1.807) is 22.0 Å². The zero-order valence-corrected chi connectivity index (χ0v) is 13.1. The van der Waals surface area contributed by atoms with Gasteiger partial charge in [-0.2, -0.15) is 5.10 Å². The molecule has 0 spiro atoms. The highest BCUT2D eigenvalue weighted by molar-refractivity contribution is 5.73. The van der Waals surface area contributed by atoms with Crippen LogP contribution in [0.4, 0.5) is 0 Å². The number of benzene rings is 1. The minimum atomic E-state index is -0.960. The molecule has 1 atom stereocenters. The second-order valence-corrected chi connectivity index (χ2v) is 5.83. The maximum absolute atomic E-state index is 11.7. The predicted molar refractivity (Wildman–Crippen MR) is 84.9 cm³/mol. The van der Waals surface area contributed by atoms with E-state index in [1.807, 2.05) is 24.3 Å². The Bertz CT molecular complexity index is 942. The Kier molecular flexibility index (Phi) is 3.65. The maximum atomic E-state index is 11.7. The summed E-state index contributed by atoms with van der Waals surface area (Å²) in [6.45, 7) is 0.813. The Labute approximate surface area is 141 Å². The Morgan fingerprint density at radius 1 is 1.32 bits per heavy atom. The molecule has 25 heavy (non-hydrogen) atoms. The highest BCUT2D eigenvalue weighted by Gasteiger charge is 2.33. The zero-order chi connectivity index (χ0) is 17.4. The molecule has 1 aliphatic rings. The summed E-state index contributed by atoms with van der Waals surface area (Å²) >= 11 is 0. The summed E-state index contributed by atoms with van der Waals surface area (Å²) in [7, 11) is 0. The average molecular weight is 341 g/mol. The maximum Gasteiger partial charge on any atom is 0.343 e. The first-order chi connectivity index (χ1) is 12.1. The number of nitrogens with zero attached hydrogens (tertiary/aromatic N) is 6. The van der Waals surface area contributed by atoms with E-state index in [0.29, 0.717) is 18.9 Å². The lowest BCUT2D eigenvalue weighted by Gasteiger charge is -2.32. The summed E-state index contributed by atoms with van der Waals surface area (Å²) in [5.74, 6) is -0.417. The number of nitrogens with one attached hydrogen (secondary N) is 1. The van der Waals surface area contributed by atoms with Gasteiger partial charge in [0.2, 0.25) is 0 Å². The van der Waals surface area contributed by atoms with Gasteiger partial charge in [0.25, 0.3) is 0 Å². The van der Waals surface area contributed by atoms with Gasteiger partial charge in [-0.1, -0.05) is 17.3 Å². The average Bonchev–Trinajstić information content (AvgIpc) is 3.25. The molecular weight excluding hydrogens is 326 g/mol. The number of carbonyl (C=O) groups is 1. The summed E-state index contributed by atoms with van der Waals surface area (Å²) in [5, 5.41) is 23.5. The minimum Gasteiger partial charge on any atom is -0.480 e. The lowest BCUT2D eigenvalue weighted by molar-refractivity contribution is -0.145. The van der Waals surface area contributed by atoms with Crippen molar-refractivity contribution >= 4 is 5.97 Å². The van der Waals surface area contributed by atoms with Crippen LogP contribution in [-0.4, -0.2) is 51.8 Å². The lowest BCUT2D eigenvalue weighted by Crippen LogP contribution is -2.49. The first kappa shape index (κ1) is 15.3. The summed E-state index contributed by atoms with van der Waals surface area (Å²) in [5.41, 5.74) is 1.45. The number of H-pyrrole nitrogens is 1. The predicted octanol–water partition coefficient (Wildman–Crippen LogP) is -0.379. The van der Waals surface area contributed by atoms with Crippen molar-refractivity contribution in [3.05, 3.63) is 58.5 Å². The molecule has 1 unspecified atom stereocenters. The molecule has 1 aromatic carbocycles. The number of hydrogen-bond acceptors (Lipinski definition) is 6.